The van der Waals surface area contributed by atoms with E-state index in [-0.39, 0.29) is 35.2 Å². The van der Waals surface area contributed by atoms with E-state index in [2.05, 4.69) is 5.32 Å². The number of rotatable bonds is 15. The molecule has 0 spiro atoms. The molecule has 1 atom stereocenters. The van der Waals surface area contributed by atoms with E-state index in [0.29, 0.717) is 17.1 Å². The van der Waals surface area contributed by atoms with Gasteiger partial charge in [0.2, 0.25) is 11.8 Å². The normalized spacial score (nSPS) is 11.8. The molecule has 0 aliphatic carbocycles. The number of nitrogens with zero attached hydrogens (tertiary/aromatic N) is 2. The monoisotopic (exact) mass is 647 g/mol. The summed E-state index contributed by atoms with van der Waals surface area (Å²) in [5.41, 5.74) is 1.76. The molecule has 1 unspecified atom stereocenters. The topological polar surface area (TPSA) is 96.0 Å². The van der Waals surface area contributed by atoms with E-state index < -0.39 is 28.5 Å². The van der Waals surface area contributed by atoms with Crippen molar-refractivity contribution in [2.45, 2.75) is 43.7 Å². The highest BCUT2D eigenvalue weighted by atomic mass is 35.5. The smallest absolute Gasteiger partial charge is 0.264 e. The van der Waals surface area contributed by atoms with Crippen LogP contribution in [-0.4, -0.2) is 51.4 Å². The number of nitrogens with one attached hydrogen (secondary N) is 1. The molecule has 2 amide bonds. The van der Waals surface area contributed by atoms with Crippen molar-refractivity contribution in [2.24, 2.45) is 0 Å². The van der Waals surface area contributed by atoms with Gasteiger partial charge in [0.1, 0.15) is 18.3 Å². The molecule has 0 fully saturated rings. The molecule has 0 bridgehead atoms. The van der Waals surface area contributed by atoms with Gasteiger partial charge in [-0.25, -0.2) is 8.42 Å². The number of amides is 2. The van der Waals surface area contributed by atoms with Gasteiger partial charge in [-0.1, -0.05) is 97.7 Å². The molecule has 0 aliphatic rings. The first kappa shape index (κ1) is 33.6. The Hall–Kier alpha value is -4.34. The number of carbonyl (C=O) groups excluding carboxylic acids is 2. The van der Waals surface area contributed by atoms with Crippen molar-refractivity contribution in [1.82, 2.24) is 10.2 Å². The number of sulfonamides is 1. The molecule has 0 heterocycles. The molecule has 45 heavy (non-hydrogen) atoms. The second kappa shape index (κ2) is 16.1. The summed E-state index contributed by atoms with van der Waals surface area (Å²) in [7, 11) is -2.79. The zero-order valence-corrected chi connectivity index (χ0v) is 27.0. The fourth-order valence-corrected chi connectivity index (χ4v) is 6.62. The highest BCUT2D eigenvalue weighted by Crippen LogP contribution is 2.32. The number of unbranched alkanes of at least 4 members (excludes halogenated alkanes) is 1. The van der Waals surface area contributed by atoms with E-state index >= 15 is 0 Å². The number of anilines is 1. The van der Waals surface area contributed by atoms with Crippen molar-refractivity contribution < 1.29 is 22.7 Å². The summed E-state index contributed by atoms with van der Waals surface area (Å²) >= 11 is 6.31. The van der Waals surface area contributed by atoms with Crippen LogP contribution >= 0.6 is 11.6 Å². The fourth-order valence-electron chi connectivity index (χ4n) is 4.96. The van der Waals surface area contributed by atoms with Gasteiger partial charge in [-0.05, 0) is 53.9 Å². The molecule has 1 N–H and O–H groups in total. The lowest BCUT2D eigenvalue weighted by Gasteiger charge is -2.34. The third-order valence-corrected chi connectivity index (χ3v) is 9.32. The zero-order valence-electron chi connectivity index (χ0n) is 25.4. The van der Waals surface area contributed by atoms with Crippen molar-refractivity contribution >= 4 is 39.1 Å². The van der Waals surface area contributed by atoms with Crippen molar-refractivity contribution in [3.8, 4) is 5.75 Å². The summed E-state index contributed by atoms with van der Waals surface area (Å²) < 4.78 is 34.8. The summed E-state index contributed by atoms with van der Waals surface area (Å²) in [4.78, 5) is 29.8. The summed E-state index contributed by atoms with van der Waals surface area (Å²) in [6.45, 7) is 1.94. The summed E-state index contributed by atoms with van der Waals surface area (Å²) in [6.07, 6.45) is 1.90. The van der Waals surface area contributed by atoms with Crippen molar-refractivity contribution in [3.05, 3.63) is 125 Å². The third kappa shape index (κ3) is 8.86. The molecule has 4 rings (SSSR count). The molecule has 0 aliphatic heterocycles. The number of hydrogen-bond acceptors (Lipinski definition) is 5. The van der Waals surface area contributed by atoms with Gasteiger partial charge in [-0.3, -0.25) is 13.9 Å². The Kier molecular flexibility index (Phi) is 12.0. The Labute approximate surface area is 270 Å². The van der Waals surface area contributed by atoms with Crippen LogP contribution in [0.3, 0.4) is 0 Å². The van der Waals surface area contributed by atoms with Gasteiger partial charge >= 0.3 is 0 Å². The number of benzene rings is 4. The van der Waals surface area contributed by atoms with E-state index in [4.69, 9.17) is 16.3 Å². The molecule has 236 valence electrons. The lowest BCUT2D eigenvalue weighted by atomic mass is 10.0. The van der Waals surface area contributed by atoms with Crippen LogP contribution in [0.2, 0.25) is 5.02 Å². The summed E-state index contributed by atoms with van der Waals surface area (Å²) in [6, 6.07) is 30.1. The molecule has 0 radical (unpaired) electrons. The average Bonchev–Trinajstić information content (AvgIpc) is 3.06. The highest BCUT2D eigenvalue weighted by molar-refractivity contribution is 7.92. The Balaban J connectivity index is 1.81. The SMILES string of the molecule is CCCCNC(=O)C(Cc1ccccc1)N(Cc1cccc(Cl)c1)C(=O)CN(c1ccccc1OC)S(=O)(=O)c1ccccc1. The van der Waals surface area contributed by atoms with E-state index in [1.165, 1.54) is 24.1 Å². The number of halogens is 1. The molecular weight excluding hydrogens is 610 g/mol. The second-order valence-electron chi connectivity index (χ2n) is 10.5. The maximum atomic E-state index is 14.5. The molecule has 0 aromatic heterocycles. The molecule has 10 heteroatoms. The fraction of sp³-hybridized carbons (Fsp3) is 0.257. The number of ether oxygens (including phenoxy) is 1. The number of carbonyl (C=O) groups is 2. The van der Waals surface area contributed by atoms with E-state index in [1.807, 2.05) is 43.3 Å². The maximum absolute atomic E-state index is 14.5. The lowest BCUT2D eigenvalue weighted by molar-refractivity contribution is -0.140. The van der Waals surface area contributed by atoms with Gasteiger partial charge in [-0.2, -0.15) is 0 Å². The van der Waals surface area contributed by atoms with Crippen LogP contribution in [0.15, 0.2) is 114 Å². The van der Waals surface area contributed by atoms with Crippen LogP contribution in [0.1, 0.15) is 30.9 Å². The number of methoxy groups -OCH3 is 1. The van der Waals surface area contributed by atoms with Gasteiger partial charge < -0.3 is 15.0 Å². The number of hydrogen-bond donors (Lipinski definition) is 1. The lowest BCUT2D eigenvalue weighted by Crippen LogP contribution is -2.53. The summed E-state index contributed by atoms with van der Waals surface area (Å²) in [5, 5.41) is 3.47. The van der Waals surface area contributed by atoms with Crippen LogP contribution in [0.5, 0.6) is 5.75 Å². The maximum Gasteiger partial charge on any atom is 0.264 e. The van der Waals surface area contributed by atoms with Gasteiger partial charge in [0.15, 0.2) is 0 Å². The first-order valence-corrected chi connectivity index (χ1v) is 16.6. The standard InChI is InChI=1S/C35H38ClN3O5S/c1-3-4-22-37-35(41)32(24-27-14-7-5-8-15-27)38(25-28-16-13-17-29(36)23-28)34(40)26-39(31-20-11-12-21-33(31)44-2)45(42,43)30-18-9-6-10-19-30/h5-21,23,32H,3-4,22,24-26H2,1-2H3,(H,37,41). The minimum absolute atomic E-state index is 0.0169. The Morgan fingerprint density at radius 1 is 0.867 bits per heavy atom. The third-order valence-electron chi connectivity index (χ3n) is 7.31. The number of para-hydroxylation sites is 2. The summed E-state index contributed by atoms with van der Waals surface area (Å²) in [5.74, 6) is -0.603. The van der Waals surface area contributed by atoms with E-state index in [1.54, 1.807) is 60.7 Å². The Morgan fingerprint density at radius 3 is 2.18 bits per heavy atom. The minimum Gasteiger partial charge on any atom is -0.495 e. The van der Waals surface area contributed by atoms with Crippen LogP contribution in [0.4, 0.5) is 5.69 Å². The van der Waals surface area contributed by atoms with Crippen molar-refractivity contribution in [2.75, 3.05) is 24.5 Å². The van der Waals surface area contributed by atoms with Crippen LogP contribution in [0.25, 0.3) is 0 Å². The largest absolute Gasteiger partial charge is 0.495 e. The Morgan fingerprint density at radius 2 is 1.51 bits per heavy atom. The van der Waals surface area contributed by atoms with E-state index in [0.717, 1.165) is 22.7 Å². The van der Waals surface area contributed by atoms with Gasteiger partial charge in [0.25, 0.3) is 10.0 Å². The van der Waals surface area contributed by atoms with Crippen LogP contribution in [0, 0.1) is 0 Å². The zero-order chi connectivity index (χ0) is 32.2. The quantitative estimate of drug-likeness (QED) is 0.157. The highest BCUT2D eigenvalue weighted by Gasteiger charge is 2.35. The average molecular weight is 648 g/mol. The van der Waals surface area contributed by atoms with Gasteiger partial charge in [-0.15, -0.1) is 0 Å². The van der Waals surface area contributed by atoms with Crippen LogP contribution < -0.4 is 14.4 Å². The van der Waals surface area contributed by atoms with Crippen molar-refractivity contribution in [1.29, 1.82) is 0 Å². The molecule has 8 nitrogen and oxygen atoms in total. The second-order valence-corrected chi connectivity index (χ2v) is 12.8. The van der Waals surface area contributed by atoms with Gasteiger partial charge in [0.05, 0.1) is 17.7 Å². The van der Waals surface area contributed by atoms with Crippen molar-refractivity contribution in [3.63, 3.8) is 0 Å². The first-order chi connectivity index (χ1) is 21.7. The molecular formula is C35H38ClN3O5S. The molecule has 4 aromatic rings. The molecule has 4 aromatic carbocycles. The predicted molar refractivity (Wildman–Crippen MR) is 178 cm³/mol. The Bertz CT molecular complexity index is 1670. The molecule has 0 saturated heterocycles. The minimum atomic E-state index is -4.23. The van der Waals surface area contributed by atoms with E-state index in [9.17, 15) is 18.0 Å². The van der Waals surface area contributed by atoms with Gasteiger partial charge in [0, 0.05) is 24.5 Å². The first-order valence-electron chi connectivity index (χ1n) is 14.8. The van der Waals surface area contributed by atoms with Crippen LogP contribution in [-0.2, 0) is 32.6 Å². The predicted octanol–water partition coefficient (Wildman–Crippen LogP) is 6.10. The molecule has 0 saturated carbocycles.